The first kappa shape index (κ1) is 19.7. The van der Waals surface area contributed by atoms with Crippen molar-refractivity contribution in [3.8, 4) is 5.75 Å². The van der Waals surface area contributed by atoms with Crippen LogP contribution in [0.15, 0.2) is 48.5 Å². The number of carbonyl (C=O) groups excluding carboxylic acids is 2. The molecule has 1 aromatic heterocycles. The maximum atomic E-state index is 12.3. The predicted octanol–water partition coefficient (Wildman–Crippen LogP) is 3.29. The summed E-state index contributed by atoms with van der Waals surface area (Å²) in [5, 5.41) is 3.32. The first-order valence-corrected chi connectivity index (χ1v) is 9.15. The van der Waals surface area contributed by atoms with Crippen molar-refractivity contribution in [3.05, 3.63) is 59.1 Å². The van der Waals surface area contributed by atoms with E-state index >= 15 is 0 Å². The molecule has 0 aliphatic carbocycles. The zero-order valence-corrected chi connectivity index (χ0v) is 15.7. The standard InChI is InChI=1S/C19H17F2N3O3S/c1-24(11-16-23-14-4-2-3-5-15(14)28-16)17(25)10-22-18(26)12-6-8-13(9-7-12)27-19(20)21/h2-9,19H,10-11H2,1H3,(H,22,26). The van der Waals surface area contributed by atoms with Gasteiger partial charge in [-0.1, -0.05) is 12.1 Å². The molecule has 3 rings (SSSR count). The molecule has 0 aliphatic rings. The average molecular weight is 405 g/mol. The van der Waals surface area contributed by atoms with Crippen molar-refractivity contribution in [2.75, 3.05) is 13.6 Å². The smallest absolute Gasteiger partial charge is 0.387 e. The van der Waals surface area contributed by atoms with Crippen LogP contribution in [0, 0.1) is 0 Å². The second kappa shape index (κ2) is 8.75. The van der Waals surface area contributed by atoms with Crippen molar-refractivity contribution in [3.63, 3.8) is 0 Å². The van der Waals surface area contributed by atoms with Crippen molar-refractivity contribution in [2.24, 2.45) is 0 Å². The van der Waals surface area contributed by atoms with E-state index in [0.29, 0.717) is 6.54 Å². The number of alkyl halides is 2. The molecule has 0 spiro atoms. The van der Waals surface area contributed by atoms with E-state index in [1.54, 1.807) is 7.05 Å². The van der Waals surface area contributed by atoms with Gasteiger partial charge in [0.15, 0.2) is 0 Å². The van der Waals surface area contributed by atoms with Gasteiger partial charge in [0.1, 0.15) is 10.8 Å². The molecule has 1 N–H and O–H groups in total. The molecule has 9 heteroatoms. The topological polar surface area (TPSA) is 71.5 Å². The van der Waals surface area contributed by atoms with E-state index in [0.717, 1.165) is 15.2 Å². The van der Waals surface area contributed by atoms with Crippen LogP contribution in [0.5, 0.6) is 5.75 Å². The van der Waals surface area contributed by atoms with Crippen LogP contribution < -0.4 is 10.1 Å². The van der Waals surface area contributed by atoms with Gasteiger partial charge in [0.2, 0.25) is 5.91 Å². The third-order valence-electron chi connectivity index (χ3n) is 3.88. The number of amides is 2. The quantitative estimate of drug-likeness (QED) is 0.655. The number of nitrogens with zero attached hydrogens (tertiary/aromatic N) is 2. The normalized spacial score (nSPS) is 10.9. The Kier molecular flexibility index (Phi) is 6.15. The van der Waals surface area contributed by atoms with Gasteiger partial charge in [0, 0.05) is 12.6 Å². The van der Waals surface area contributed by atoms with Gasteiger partial charge in [-0.15, -0.1) is 11.3 Å². The molecule has 0 bridgehead atoms. The molecule has 3 aromatic rings. The SMILES string of the molecule is CN(Cc1nc2ccccc2s1)C(=O)CNC(=O)c1ccc(OC(F)F)cc1. The van der Waals surface area contributed by atoms with Crippen LogP contribution in [0.3, 0.4) is 0 Å². The van der Waals surface area contributed by atoms with Gasteiger partial charge in [-0.2, -0.15) is 8.78 Å². The van der Waals surface area contributed by atoms with Gasteiger partial charge in [-0.05, 0) is 36.4 Å². The number of ether oxygens (including phenoxy) is 1. The van der Waals surface area contributed by atoms with Crippen molar-refractivity contribution >= 4 is 33.4 Å². The highest BCUT2D eigenvalue weighted by atomic mass is 32.1. The van der Waals surface area contributed by atoms with E-state index in [2.05, 4.69) is 15.0 Å². The Morgan fingerprint density at radius 2 is 1.89 bits per heavy atom. The lowest BCUT2D eigenvalue weighted by molar-refractivity contribution is -0.129. The Balaban J connectivity index is 1.51. The highest BCUT2D eigenvalue weighted by molar-refractivity contribution is 7.18. The molecular formula is C19H17F2N3O3S. The summed E-state index contributed by atoms with van der Waals surface area (Å²) in [5.74, 6) is -0.797. The number of nitrogens with one attached hydrogen (secondary N) is 1. The lowest BCUT2D eigenvalue weighted by Gasteiger charge is -2.16. The number of fused-ring (bicyclic) bond motifs is 1. The van der Waals surface area contributed by atoms with Crippen molar-refractivity contribution in [1.29, 1.82) is 0 Å². The fraction of sp³-hybridized carbons (Fsp3) is 0.211. The molecule has 28 heavy (non-hydrogen) atoms. The molecule has 0 fully saturated rings. The Hall–Kier alpha value is -3.07. The fourth-order valence-corrected chi connectivity index (χ4v) is 3.48. The number of halogens is 2. The second-order valence-electron chi connectivity index (χ2n) is 5.91. The summed E-state index contributed by atoms with van der Waals surface area (Å²) in [6.07, 6.45) is 0. The Bertz CT molecular complexity index is 943. The third-order valence-corrected chi connectivity index (χ3v) is 4.90. The lowest BCUT2D eigenvalue weighted by atomic mass is 10.2. The van der Waals surface area contributed by atoms with E-state index in [1.165, 1.54) is 40.5 Å². The molecule has 2 amide bonds. The summed E-state index contributed by atoms with van der Waals surface area (Å²) in [4.78, 5) is 30.3. The largest absolute Gasteiger partial charge is 0.435 e. The molecule has 0 unspecified atom stereocenters. The first-order valence-electron chi connectivity index (χ1n) is 8.34. The Labute approximate surface area is 163 Å². The van der Waals surface area contributed by atoms with E-state index in [4.69, 9.17) is 0 Å². The fourth-order valence-electron chi connectivity index (χ4n) is 2.46. The number of aromatic nitrogens is 1. The number of hydrogen-bond donors (Lipinski definition) is 1. The number of benzene rings is 2. The molecule has 0 saturated heterocycles. The maximum Gasteiger partial charge on any atom is 0.387 e. The van der Waals surface area contributed by atoms with E-state index < -0.39 is 12.5 Å². The molecule has 0 saturated carbocycles. The average Bonchev–Trinajstić information content (AvgIpc) is 3.08. The van der Waals surface area contributed by atoms with Crippen molar-refractivity contribution < 1.29 is 23.1 Å². The summed E-state index contributed by atoms with van der Waals surface area (Å²) in [5.41, 5.74) is 1.12. The minimum atomic E-state index is -2.93. The van der Waals surface area contributed by atoms with Crippen LogP contribution in [-0.2, 0) is 11.3 Å². The van der Waals surface area contributed by atoms with Gasteiger partial charge in [-0.3, -0.25) is 9.59 Å². The van der Waals surface area contributed by atoms with E-state index in [1.807, 2.05) is 24.3 Å². The Morgan fingerprint density at radius 1 is 1.18 bits per heavy atom. The number of likely N-dealkylation sites (N-methyl/N-ethyl adjacent to an activating group) is 1. The number of para-hydroxylation sites is 1. The zero-order valence-electron chi connectivity index (χ0n) is 14.9. The summed E-state index contributed by atoms with van der Waals surface area (Å²) < 4.78 is 29.5. The van der Waals surface area contributed by atoms with Crippen LogP contribution in [0.2, 0.25) is 0 Å². The Morgan fingerprint density at radius 3 is 2.57 bits per heavy atom. The molecule has 0 aliphatic heterocycles. The number of hydrogen-bond acceptors (Lipinski definition) is 5. The van der Waals surface area contributed by atoms with Crippen LogP contribution in [0.1, 0.15) is 15.4 Å². The number of thiazole rings is 1. The van der Waals surface area contributed by atoms with Crippen LogP contribution in [0.4, 0.5) is 8.78 Å². The molecule has 146 valence electrons. The van der Waals surface area contributed by atoms with Gasteiger partial charge < -0.3 is 15.0 Å². The maximum absolute atomic E-state index is 12.3. The highest BCUT2D eigenvalue weighted by Crippen LogP contribution is 2.22. The molecule has 1 heterocycles. The highest BCUT2D eigenvalue weighted by Gasteiger charge is 2.14. The van der Waals surface area contributed by atoms with Gasteiger partial charge in [0.05, 0.1) is 23.3 Å². The summed E-state index contributed by atoms with van der Waals surface area (Å²) in [6, 6.07) is 12.9. The molecule has 0 atom stereocenters. The molecule has 6 nitrogen and oxygen atoms in total. The third kappa shape index (κ3) is 5.01. The van der Waals surface area contributed by atoms with Gasteiger partial charge >= 0.3 is 6.61 Å². The lowest BCUT2D eigenvalue weighted by Crippen LogP contribution is -2.37. The summed E-state index contributed by atoms with van der Waals surface area (Å²) in [7, 11) is 1.64. The molecule has 2 aromatic carbocycles. The summed E-state index contributed by atoms with van der Waals surface area (Å²) in [6.45, 7) is -2.77. The van der Waals surface area contributed by atoms with Crippen molar-refractivity contribution in [2.45, 2.75) is 13.2 Å². The number of rotatable bonds is 7. The first-order chi connectivity index (χ1) is 13.4. The minimum Gasteiger partial charge on any atom is -0.435 e. The number of carbonyl (C=O) groups is 2. The molecule has 0 radical (unpaired) electrons. The molecular weight excluding hydrogens is 388 g/mol. The van der Waals surface area contributed by atoms with Crippen LogP contribution in [0.25, 0.3) is 10.2 Å². The van der Waals surface area contributed by atoms with E-state index in [-0.39, 0.29) is 23.8 Å². The van der Waals surface area contributed by atoms with Gasteiger partial charge in [-0.25, -0.2) is 4.98 Å². The van der Waals surface area contributed by atoms with Crippen molar-refractivity contribution in [1.82, 2.24) is 15.2 Å². The summed E-state index contributed by atoms with van der Waals surface area (Å²) >= 11 is 1.51. The minimum absolute atomic E-state index is 0.0433. The van der Waals surface area contributed by atoms with Gasteiger partial charge in [0.25, 0.3) is 5.91 Å². The van der Waals surface area contributed by atoms with Crippen LogP contribution in [-0.4, -0.2) is 41.9 Å². The second-order valence-corrected chi connectivity index (χ2v) is 7.03. The van der Waals surface area contributed by atoms with Crippen LogP contribution >= 0.6 is 11.3 Å². The monoisotopic (exact) mass is 405 g/mol. The zero-order chi connectivity index (χ0) is 20.1. The van der Waals surface area contributed by atoms with E-state index in [9.17, 15) is 18.4 Å². The predicted molar refractivity (Wildman–Crippen MR) is 102 cm³/mol.